The third-order valence-corrected chi connectivity index (χ3v) is 5.33. The van der Waals surface area contributed by atoms with Gasteiger partial charge in [-0.1, -0.05) is 5.16 Å². The monoisotopic (exact) mass is 395 g/mol. The topological polar surface area (TPSA) is 93.2 Å². The van der Waals surface area contributed by atoms with Gasteiger partial charge >= 0.3 is 0 Å². The van der Waals surface area contributed by atoms with E-state index < -0.39 is 0 Å². The van der Waals surface area contributed by atoms with Crippen LogP contribution in [0.4, 0.5) is 5.82 Å². The average Bonchev–Trinajstić information content (AvgIpc) is 3.23. The number of carbonyl (C=O) groups excluding carboxylic acids is 1. The zero-order chi connectivity index (χ0) is 20.5. The first kappa shape index (κ1) is 19.1. The van der Waals surface area contributed by atoms with Crippen LogP contribution in [0.3, 0.4) is 0 Å². The van der Waals surface area contributed by atoms with E-state index in [-0.39, 0.29) is 5.91 Å². The fourth-order valence-electron chi connectivity index (χ4n) is 3.66. The van der Waals surface area contributed by atoms with Gasteiger partial charge in [-0.3, -0.25) is 4.79 Å². The number of piperazine rings is 1. The molecule has 0 saturated carbocycles. The van der Waals surface area contributed by atoms with Crippen molar-refractivity contribution >= 4 is 11.7 Å². The van der Waals surface area contributed by atoms with Crippen LogP contribution in [0.15, 0.2) is 22.7 Å². The molecule has 0 N–H and O–H groups in total. The minimum atomic E-state index is 0.102. The lowest BCUT2D eigenvalue weighted by molar-refractivity contribution is -0.130. The summed E-state index contributed by atoms with van der Waals surface area (Å²) in [5, 5.41) is 17.1. The van der Waals surface area contributed by atoms with Gasteiger partial charge in [-0.25, -0.2) is 4.68 Å². The second-order valence-electron chi connectivity index (χ2n) is 7.44. The van der Waals surface area contributed by atoms with Gasteiger partial charge in [0.2, 0.25) is 5.91 Å². The normalized spacial score (nSPS) is 14.5. The summed E-state index contributed by atoms with van der Waals surface area (Å²) in [4.78, 5) is 16.7. The standard InChI is InChI=1S/C20H25N7O2/c1-13-11-14(2)27(23-13)19-6-5-18(21-22-19)25-7-9-26(10-8-25)20(28)12-17-15(3)24-29-16(17)4/h5-6,11H,7-10,12H2,1-4H3. The van der Waals surface area contributed by atoms with Gasteiger partial charge in [-0.05, 0) is 45.9 Å². The maximum Gasteiger partial charge on any atom is 0.227 e. The largest absolute Gasteiger partial charge is 0.361 e. The minimum absolute atomic E-state index is 0.102. The molecule has 3 aromatic rings. The molecular formula is C20H25N7O2. The molecule has 1 amide bonds. The lowest BCUT2D eigenvalue weighted by atomic mass is 10.1. The Morgan fingerprint density at radius 1 is 1.03 bits per heavy atom. The van der Waals surface area contributed by atoms with Crippen molar-refractivity contribution in [2.24, 2.45) is 0 Å². The van der Waals surface area contributed by atoms with E-state index in [1.54, 1.807) is 4.68 Å². The van der Waals surface area contributed by atoms with Crippen molar-refractivity contribution < 1.29 is 9.32 Å². The van der Waals surface area contributed by atoms with E-state index in [4.69, 9.17) is 4.52 Å². The van der Waals surface area contributed by atoms with Crippen molar-refractivity contribution in [3.05, 3.63) is 46.6 Å². The van der Waals surface area contributed by atoms with Gasteiger partial charge < -0.3 is 14.3 Å². The van der Waals surface area contributed by atoms with Crippen LogP contribution in [-0.4, -0.2) is 62.1 Å². The molecule has 0 spiro atoms. The van der Waals surface area contributed by atoms with Gasteiger partial charge in [0.25, 0.3) is 0 Å². The molecule has 1 aliphatic heterocycles. The summed E-state index contributed by atoms with van der Waals surface area (Å²) in [6.45, 7) is 10.4. The Balaban J connectivity index is 1.37. The molecule has 0 unspecified atom stereocenters. The number of nitrogens with zero attached hydrogens (tertiary/aromatic N) is 7. The Bertz CT molecular complexity index is 995. The molecule has 1 aliphatic rings. The van der Waals surface area contributed by atoms with Crippen LogP contribution in [0.2, 0.25) is 0 Å². The Morgan fingerprint density at radius 3 is 2.28 bits per heavy atom. The summed E-state index contributed by atoms with van der Waals surface area (Å²) in [6, 6.07) is 5.89. The Hall–Kier alpha value is -3.23. The predicted octanol–water partition coefficient (Wildman–Crippen LogP) is 1.78. The van der Waals surface area contributed by atoms with Crippen LogP contribution in [0.5, 0.6) is 0 Å². The zero-order valence-electron chi connectivity index (χ0n) is 17.2. The molecule has 1 saturated heterocycles. The molecule has 0 atom stereocenters. The fourth-order valence-corrected chi connectivity index (χ4v) is 3.66. The van der Waals surface area contributed by atoms with Crippen molar-refractivity contribution in [1.82, 2.24) is 30.0 Å². The lowest BCUT2D eigenvalue weighted by Crippen LogP contribution is -2.49. The summed E-state index contributed by atoms with van der Waals surface area (Å²) in [7, 11) is 0. The molecule has 0 radical (unpaired) electrons. The predicted molar refractivity (Wildman–Crippen MR) is 107 cm³/mol. The van der Waals surface area contributed by atoms with Crippen LogP contribution in [-0.2, 0) is 11.2 Å². The molecule has 3 aromatic heterocycles. The second kappa shape index (κ2) is 7.65. The van der Waals surface area contributed by atoms with Gasteiger partial charge in [0.1, 0.15) is 5.76 Å². The summed E-state index contributed by atoms with van der Waals surface area (Å²) in [5.74, 6) is 2.33. The van der Waals surface area contributed by atoms with Crippen molar-refractivity contribution in [1.29, 1.82) is 0 Å². The first-order chi connectivity index (χ1) is 13.9. The molecule has 0 bridgehead atoms. The third-order valence-electron chi connectivity index (χ3n) is 5.33. The van der Waals surface area contributed by atoms with E-state index >= 15 is 0 Å². The van der Waals surface area contributed by atoms with E-state index in [0.29, 0.717) is 31.1 Å². The van der Waals surface area contributed by atoms with Crippen LogP contribution < -0.4 is 4.90 Å². The number of carbonyl (C=O) groups is 1. The Labute approximate surface area is 169 Å². The highest BCUT2D eigenvalue weighted by atomic mass is 16.5. The summed E-state index contributed by atoms with van der Waals surface area (Å²) < 4.78 is 6.95. The number of aryl methyl sites for hydroxylation is 4. The molecular weight excluding hydrogens is 370 g/mol. The lowest BCUT2D eigenvalue weighted by Gasteiger charge is -2.35. The Morgan fingerprint density at radius 2 is 1.72 bits per heavy atom. The summed E-state index contributed by atoms with van der Waals surface area (Å²) >= 11 is 0. The molecule has 29 heavy (non-hydrogen) atoms. The van der Waals surface area contributed by atoms with Crippen LogP contribution >= 0.6 is 0 Å². The van der Waals surface area contributed by atoms with Crippen LogP contribution in [0.25, 0.3) is 5.82 Å². The van der Waals surface area contributed by atoms with Gasteiger partial charge in [0, 0.05) is 37.4 Å². The number of hydrogen-bond donors (Lipinski definition) is 0. The van der Waals surface area contributed by atoms with E-state index in [2.05, 4.69) is 25.4 Å². The highest BCUT2D eigenvalue weighted by Gasteiger charge is 2.24. The van der Waals surface area contributed by atoms with E-state index in [9.17, 15) is 4.79 Å². The number of hydrogen-bond acceptors (Lipinski definition) is 7. The maximum atomic E-state index is 12.6. The Kier molecular flexibility index (Phi) is 5.04. The molecule has 9 nitrogen and oxygen atoms in total. The highest BCUT2D eigenvalue weighted by molar-refractivity contribution is 5.79. The van der Waals surface area contributed by atoms with Gasteiger partial charge in [0.05, 0.1) is 17.8 Å². The SMILES string of the molecule is Cc1cc(C)n(-c2ccc(N3CCN(C(=O)Cc4c(C)noc4C)CC3)nn2)n1. The zero-order valence-corrected chi connectivity index (χ0v) is 17.2. The van der Waals surface area contributed by atoms with E-state index in [1.807, 2.05) is 50.8 Å². The van der Waals surface area contributed by atoms with Crippen molar-refractivity contribution in [3.8, 4) is 5.82 Å². The van der Waals surface area contributed by atoms with Crippen LogP contribution in [0, 0.1) is 27.7 Å². The van der Waals surface area contributed by atoms with Gasteiger partial charge in [0.15, 0.2) is 11.6 Å². The maximum absolute atomic E-state index is 12.6. The highest BCUT2D eigenvalue weighted by Crippen LogP contribution is 2.18. The molecule has 4 heterocycles. The number of anilines is 1. The number of aromatic nitrogens is 5. The molecule has 152 valence electrons. The average molecular weight is 395 g/mol. The van der Waals surface area contributed by atoms with Gasteiger partial charge in [-0.15, -0.1) is 10.2 Å². The van der Waals surface area contributed by atoms with Crippen molar-refractivity contribution in [3.63, 3.8) is 0 Å². The summed E-state index contributed by atoms with van der Waals surface area (Å²) in [5.41, 5.74) is 3.65. The smallest absolute Gasteiger partial charge is 0.227 e. The van der Waals surface area contributed by atoms with Crippen LogP contribution in [0.1, 0.15) is 28.4 Å². The van der Waals surface area contributed by atoms with Crippen molar-refractivity contribution in [2.45, 2.75) is 34.1 Å². The number of amides is 1. The molecule has 0 aliphatic carbocycles. The number of rotatable bonds is 4. The minimum Gasteiger partial charge on any atom is -0.361 e. The van der Waals surface area contributed by atoms with Gasteiger partial charge in [-0.2, -0.15) is 5.10 Å². The van der Waals surface area contributed by atoms with E-state index in [1.165, 1.54) is 0 Å². The molecule has 9 heteroatoms. The quantitative estimate of drug-likeness (QED) is 0.665. The summed E-state index contributed by atoms with van der Waals surface area (Å²) in [6.07, 6.45) is 0.332. The molecule has 4 rings (SSSR count). The third kappa shape index (κ3) is 3.85. The first-order valence-corrected chi connectivity index (χ1v) is 9.74. The first-order valence-electron chi connectivity index (χ1n) is 9.74. The fraction of sp³-hybridized carbons (Fsp3) is 0.450. The van der Waals surface area contributed by atoms with E-state index in [0.717, 1.165) is 41.6 Å². The molecule has 1 fully saturated rings. The van der Waals surface area contributed by atoms with Crippen molar-refractivity contribution in [2.75, 3.05) is 31.1 Å². The second-order valence-corrected chi connectivity index (χ2v) is 7.44. The molecule has 0 aromatic carbocycles.